The Bertz CT molecular complexity index is 732. The fourth-order valence-electron chi connectivity index (χ4n) is 6.39. The Hall–Kier alpha value is -1.44. The fourth-order valence-corrected chi connectivity index (χ4v) is 6.39. The van der Waals surface area contributed by atoms with Crippen LogP contribution >= 0.6 is 0 Å². The molecule has 0 aliphatic heterocycles. The number of allylic oxidation sites excluding steroid dienone is 2. The largest absolute Gasteiger partial charge is 0.495 e. The zero-order chi connectivity index (χ0) is 37.6. The molecule has 51 heavy (non-hydrogen) atoms. The molecule has 0 aromatic rings. The first kappa shape index (κ1) is 49.6. The van der Waals surface area contributed by atoms with Gasteiger partial charge in [-0.05, 0) is 53.4 Å². The summed E-state index contributed by atoms with van der Waals surface area (Å²) in [5.74, 6) is 3.55. The highest BCUT2D eigenvalue weighted by atomic mass is 16.7. The van der Waals surface area contributed by atoms with E-state index in [2.05, 4.69) is 27.7 Å². The van der Waals surface area contributed by atoms with Gasteiger partial charge in [0.25, 0.3) is 0 Å². The molecule has 0 radical (unpaired) electrons. The second kappa shape index (κ2) is 38.3. The van der Waals surface area contributed by atoms with Crippen LogP contribution in [0, 0.1) is 0 Å². The molecule has 0 aromatic heterocycles. The lowest BCUT2D eigenvalue weighted by atomic mass is 10.0. The van der Waals surface area contributed by atoms with Crippen molar-refractivity contribution in [3.05, 3.63) is 23.0 Å². The first-order chi connectivity index (χ1) is 25.1. The van der Waals surface area contributed by atoms with Crippen LogP contribution in [-0.2, 0) is 33.2 Å². The first-order valence-corrected chi connectivity index (χ1v) is 21.9. The van der Waals surface area contributed by atoms with Crippen LogP contribution in [0.25, 0.3) is 0 Å². The Labute approximate surface area is 317 Å². The molecule has 0 saturated carbocycles. The Morgan fingerprint density at radius 3 is 0.980 bits per heavy atom. The van der Waals surface area contributed by atoms with Gasteiger partial charge >= 0.3 is 0 Å². The molecule has 0 fully saturated rings. The van der Waals surface area contributed by atoms with Crippen molar-refractivity contribution in [2.24, 2.45) is 0 Å². The molecule has 0 aliphatic carbocycles. The maximum Gasteiger partial charge on any atom is 0.162 e. The van der Waals surface area contributed by atoms with Gasteiger partial charge in [-0.2, -0.15) is 0 Å². The minimum absolute atomic E-state index is 0.118. The van der Waals surface area contributed by atoms with Crippen molar-refractivity contribution in [3.63, 3.8) is 0 Å². The van der Waals surface area contributed by atoms with Gasteiger partial charge in [0.05, 0.1) is 26.4 Å². The summed E-state index contributed by atoms with van der Waals surface area (Å²) in [6.45, 7) is 19.7. The molecule has 0 heterocycles. The summed E-state index contributed by atoms with van der Waals surface area (Å²) in [7, 11) is 0. The van der Waals surface area contributed by atoms with Crippen molar-refractivity contribution in [3.8, 4) is 0 Å². The second-order valence-corrected chi connectivity index (χ2v) is 13.8. The third-order valence-corrected chi connectivity index (χ3v) is 9.23. The van der Waals surface area contributed by atoms with Gasteiger partial charge in [-0.25, -0.2) is 0 Å². The zero-order valence-corrected chi connectivity index (χ0v) is 35.2. The summed E-state index contributed by atoms with van der Waals surface area (Å²) in [5, 5.41) is 0. The van der Waals surface area contributed by atoms with Crippen molar-refractivity contribution in [1.82, 2.24) is 0 Å². The summed E-state index contributed by atoms with van der Waals surface area (Å²) in [6, 6.07) is 0. The van der Waals surface area contributed by atoms with Crippen LogP contribution in [0.15, 0.2) is 23.0 Å². The van der Waals surface area contributed by atoms with Crippen LogP contribution < -0.4 is 0 Å². The van der Waals surface area contributed by atoms with Crippen LogP contribution in [0.4, 0.5) is 0 Å². The lowest BCUT2D eigenvalue weighted by molar-refractivity contribution is -0.167. The van der Waals surface area contributed by atoms with E-state index in [1.54, 1.807) is 0 Å². The smallest absolute Gasteiger partial charge is 0.162 e. The number of unbranched alkanes of at least 4 members (excludes halogenated alkanes) is 16. The molecule has 0 amide bonds. The van der Waals surface area contributed by atoms with Gasteiger partial charge in [0.1, 0.15) is 23.7 Å². The minimum Gasteiger partial charge on any atom is -0.495 e. The number of hydrogen-bond donors (Lipinski definition) is 0. The lowest BCUT2D eigenvalue weighted by Crippen LogP contribution is -2.25. The van der Waals surface area contributed by atoms with Crippen LogP contribution in [0.1, 0.15) is 209 Å². The Morgan fingerprint density at radius 2 is 0.667 bits per heavy atom. The highest BCUT2D eigenvalue weighted by Crippen LogP contribution is 2.27. The molecule has 0 aliphatic rings. The Balaban J connectivity index is 5.50. The fraction of sp³-hybridized carbons (Fsp3) is 0.909. The normalized spacial score (nSPS) is 13.8. The number of ether oxygens (including phenoxy) is 7. The monoisotopic (exact) mass is 727 g/mol. The van der Waals surface area contributed by atoms with Crippen molar-refractivity contribution in [2.75, 3.05) is 40.0 Å². The maximum absolute atomic E-state index is 6.40. The van der Waals surface area contributed by atoms with Gasteiger partial charge in [0.15, 0.2) is 25.1 Å². The second-order valence-electron chi connectivity index (χ2n) is 13.8. The standard InChI is InChI=1S/C44H86O7/c1-9-17-21-23-25-27-29-31-35-39(46-13-5)43(48-15-7)41(33-19-11-3)50-37-45-38-51-42(34-20-12-4)44(49-16-8)40(47-14-6)36-32-30-28-26-24-22-18-10-2/h41-42H,9-38H2,1-8H3. The van der Waals surface area contributed by atoms with E-state index in [0.717, 1.165) is 87.2 Å². The first-order valence-electron chi connectivity index (χ1n) is 21.9. The van der Waals surface area contributed by atoms with Crippen LogP contribution in [0.2, 0.25) is 0 Å². The van der Waals surface area contributed by atoms with Crippen molar-refractivity contribution >= 4 is 0 Å². The van der Waals surface area contributed by atoms with Gasteiger partial charge < -0.3 is 33.2 Å². The van der Waals surface area contributed by atoms with Crippen molar-refractivity contribution < 1.29 is 33.2 Å². The summed E-state index contributed by atoms with van der Waals surface area (Å²) >= 11 is 0. The van der Waals surface area contributed by atoms with Crippen molar-refractivity contribution in [2.45, 2.75) is 222 Å². The number of hydrogen-bond acceptors (Lipinski definition) is 7. The van der Waals surface area contributed by atoms with Gasteiger partial charge in [0.2, 0.25) is 0 Å². The molecule has 0 spiro atoms. The predicted octanol–water partition coefficient (Wildman–Crippen LogP) is 13.7. The summed E-state index contributed by atoms with van der Waals surface area (Å²) in [4.78, 5) is 0. The van der Waals surface area contributed by atoms with Gasteiger partial charge in [-0.3, -0.25) is 0 Å². The highest BCUT2D eigenvalue weighted by molar-refractivity contribution is 5.09. The van der Waals surface area contributed by atoms with Gasteiger partial charge in [0, 0.05) is 12.8 Å². The van der Waals surface area contributed by atoms with Crippen molar-refractivity contribution in [1.29, 1.82) is 0 Å². The van der Waals surface area contributed by atoms with Crippen LogP contribution in [-0.4, -0.2) is 52.2 Å². The van der Waals surface area contributed by atoms with E-state index in [4.69, 9.17) is 33.2 Å². The van der Waals surface area contributed by atoms with E-state index in [9.17, 15) is 0 Å². The Kier molecular flexibility index (Phi) is 37.2. The van der Waals surface area contributed by atoms with E-state index in [1.807, 2.05) is 27.7 Å². The lowest BCUT2D eigenvalue weighted by Gasteiger charge is -2.26. The third-order valence-electron chi connectivity index (χ3n) is 9.23. The van der Waals surface area contributed by atoms with Crippen LogP contribution in [0.5, 0.6) is 0 Å². The molecule has 0 rings (SSSR count). The van der Waals surface area contributed by atoms with E-state index >= 15 is 0 Å². The average molecular weight is 727 g/mol. The minimum atomic E-state index is -0.216. The molecule has 0 aromatic carbocycles. The molecule has 7 nitrogen and oxygen atoms in total. The maximum atomic E-state index is 6.40. The van der Waals surface area contributed by atoms with Gasteiger partial charge in [-0.15, -0.1) is 0 Å². The van der Waals surface area contributed by atoms with E-state index < -0.39 is 0 Å². The summed E-state index contributed by atoms with van der Waals surface area (Å²) in [5.41, 5.74) is 0. The topological polar surface area (TPSA) is 64.6 Å². The average Bonchev–Trinajstić information content (AvgIpc) is 3.13. The zero-order valence-electron chi connectivity index (χ0n) is 35.2. The molecular formula is C44H86O7. The molecule has 0 N–H and O–H groups in total. The highest BCUT2D eigenvalue weighted by Gasteiger charge is 2.24. The SMILES string of the molecule is CCCCCCCCCCC(OCC)=C(OCC)C(CCCC)OCOCOC(CCCC)C(OCC)=C(CCCCCCCCCC)OCC. The molecule has 0 saturated heterocycles. The van der Waals surface area contributed by atoms with E-state index in [1.165, 1.54) is 89.9 Å². The molecule has 304 valence electrons. The number of rotatable bonds is 40. The molecular weight excluding hydrogens is 640 g/mol. The molecule has 2 unspecified atom stereocenters. The Morgan fingerprint density at radius 1 is 0.353 bits per heavy atom. The summed E-state index contributed by atoms with van der Waals surface area (Å²) in [6.07, 6.45) is 27.8. The molecule has 7 heteroatoms. The molecule has 2 atom stereocenters. The van der Waals surface area contributed by atoms with Gasteiger partial charge in [-0.1, -0.05) is 143 Å². The van der Waals surface area contributed by atoms with E-state index in [-0.39, 0.29) is 25.8 Å². The predicted molar refractivity (Wildman–Crippen MR) is 215 cm³/mol. The molecule has 0 bridgehead atoms. The summed E-state index contributed by atoms with van der Waals surface area (Å²) < 4.78 is 43.7. The quantitative estimate of drug-likeness (QED) is 0.0354. The third kappa shape index (κ3) is 26.9. The van der Waals surface area contributed by atoms with E-state index in [0.29, 0.717) is 26.4 Å². The van der Waals surface area contributed by atoms with Crippen LogP contribution in [0.3, 0.4) is 0 Å².